The van der Waals surface area contributed by atoms with Gasteiger partial charge in [-0.3, -0.25) is 4.79 Å². The molecular weight excluding hydrogens is 246 g/mol. The summed E-state index contributed by atoms with van der Waals surface area (Å²) in [6.45, 7) is 1.25. The maximum atomic E-state index is 10.8. The van der Waals surface area contributed by atoms with Gasteiger partial charge in [-0.1, -0.05) is 6.42 Å². The molecule has 0 aromatic rings. The number of hydrogen-bond donors (Lipinski definition) is 1. The van der Waals surface area contributed by atoms with Crippen LogP contribution in [-0.4, -0.2) is 47.1 Å². The maximum absolute atomic E-state index is 10.8. The lowest BCUT2D eigenvalue weighted by Gasteiger charge is -2.32. The normalized spacial score (nSPS) is 27.1. The van der Waals surface area contributed by atoms with Gasteiger partial charge in [0.2, 0.25) is 0 Å². The first-order valence-electron chi connectivity index (χ1n) is 7.11. The third-order valence-electron chi connectivity index (χ3n) is 4.41. The highest BCUT2D eigenvalue weighted by atomic mass is 32.2. The molecule has 2 aliphatic rings. The molecule has 1 aliphatic carbocycles. The van der Waals surface area contributed by atoms with Crippen molar-refractivity contribution in [3.8, 4) is 0 Å². The van der Waals surface area contributed by atoms with Gasteiger partial charge in [-0.25, -0.2) is 0 Å². The average molecular weight is 271 g/mol. The van der Waals surface area contributed by atoms with E-state index in [9.17, 15) is 4.79 Å². The van der Waals surface area contributed by atoms with Crippen LogP contribution in [0.3, 0.4) is 0 Å². The lowest BCUT2D eigenvalue weighted by atomic mass is 10.0. The van der Waals surface area contributed by atoms with E-state index in [1.54, 1.807) is 0 Å². The zero-order chi connectivity index (χ0) is 13.0. The van der Waals surface area contributed by atoms with Crippen LogP contribution in [0.25, 0.3) is 0 Å². The third kappa shape index (κ3) is 4.16. The average Bonchev–Trinajstić information content (AvgIpc) is 3.06. The SMILES string of the molecule is CN1CCCCC1CCSCC1(CC(=O)O)CC1. The summed E-state index contributed by atoms with van der Waals surface area (Å²) in [5.41, 5.74) is 0.162. The Morgan fingerprint density at radius 2 is 2.22 bits per heavy atom. The van der Waals surface area contributed by atoms with Crippen molar-refractivity contribution in [1.82, 2.24) is 4.90 Å². The fourth-order valence-corrected chi connectivity index (χ4v) is 4.29. The third-order valence-corrected chi connectivity index (χ3v) is 5.75. The summed E-state index contributed by atoms with van der Waals surface area (Å²) < 4.78 is 0. The Labute approximate surface area is 114 Å². The molecule has 1 heterocycles. The van der Waals surface area contributed by atoms with Gasteiger partial charge in [0.25, 0.3) is 0 Å². The first-order chi connectivity index (χ1) is 8.61. The van der Waals surface area contributed by atoms with Gasteiger partial charge < -0.3 is 10.0 Å². The number of hydrogen-bond acceptors (Lipinski definition) is 3. The zero-order valence-electron chi connectivity index (χ0n) is 11.4. The molecule has 1 atom stereocenters. The second-order valence-corrected chi connectivity index (χ2v) is 7.15. The van der Waals surface area contributed by atoms with Crippen molar-refractivity contribution in [3.05, 3.63) is 0 Å². The van der Waals surface area contributed by atoms with Gasteiger partial charge in [0.1, 0.15) is 0 Å². The van der Waals surface area contributed by atoms with Crippen LogP contribution < -0.4 is 0 Å². The van der Waals surface area contributed by atoms with Crippen LogP contribution in [0.1, 0.15) is 44.9 Å². The largest absolute Gasteiger partial charge is 0.481 e. The summed E-state index contributed by atoms with van der Waals surface area (Å²) >= 11 is 1.97. The van der Waals surface area contributed by atoms with Crippen molar-refractivity contribution >= 4 is 17.7 Å². The van der Waals surface area contributed by atoms with Gasteiger partial charge in [0.15, 0.2) is 0 Å². The smallest absolute Gasteiger partial charge is 0.303 e. The fraction of sp³-hybridized carbons (Fsp3) is 0.929. The van der Waals surface area contributed by atoms with E-state index in [-0.39, 0.29) is 5.41 Å². The number of rotatable bonds is 7. The van der Waals surface area contributed by atoms with E-state index in [0.717, 1.165) is 24.6 Å². The number of nitrogens with zero attached hydrogens (tertiary/aromatic N) is 1. The highest BCUT2D eigenvalue weighted by Crippen LogP contribution is 2.51. The van der Waals surface area contributed by atoms with Crippen molar-refractivity contribution in [3.63, 3.8) is 0 Å². The Morgan fingerprint density at radius 3 is 2.83 bits per heavy atom. The number of piperidine rings is 1. The molecular formula is C14H25NO2S. The first-order valence-corrected chi connectivity index (χ1v) is 8.27. The second-order valence-electron chi connectivity index (χ2n) is 6.04. The van der Waals surface area contributed by atoms with Crippen molar-refractivity contribution in [2.45, 2.75) is 51.0 Å². The number of likely N-dealkylation sites (tertiary alicyclic amines) is 1. The van der Waals surface area contributed by atoms with Crippen molar-refractivity contribution < 1.29 is 9.90 Å². The number of carbonyl (C=O) groups is 1. The number of aliphatic carboxylic acids is 1. The highest BCUT2D eigenvalue weighted by Gasteiger charge is 2.44. The lowest BCUT2D eigenvalue weighted by Crippen LogP contribution is -2.36. The van der Waals surface area contributed by atoms with E-state index < -0.39 is 5.97 Å². The van der Waals surface area contributed by atoms with Crippen LogP contribution >= 0.6 is 11.8 Å². The molecule has 2 fully saturated rings. The summed E-state index contributed by atoms with van der Waals surface area (Å²) in [4.78, 5) is 13.3. The van der Waals surface area contributed by atoms with Crippen LogP contribution in [0.15, 0.2) is 0 Å². The minimum absolute atomic E-state index is 0.162. The van der Waals surface area contributed by atoms with Gasteiger partial charge in [0.05, 0.1) is 6.42 Å². The van der Waals surface area contributed by atoms with Crippen molar-refractivity contribution in [2.24, 2.45) is 5.41 Å². The molecule has 0 radical (unpaired) electrons. The molecule has 2 rings (SSSR count). The topological polar surface area (TPSA) is 40.5 Å². The fourth-order valence-electron chi connectivity index (χ4n) is 2.89. The predicted molar refractivity (Wildman–Crippen MR) is 76.1 cm³/mol. The standard InChI is InChI=1S/C14H25NO2S/c1-15-8-3-2-4-12(15)5-9-18-11-14(6-7-14)10-13(16)17/h12H,2-11H2,1H3,(H,16,17). The Morgan fingerprint density at radius 1 is 1.44 bits per heavy atom. The molecule has 4 heteroatoms. The Kier molecular flexibility index (Phi) is 4.96. The van der Waals surface area contributed by atoms with Crippen LogP contribution in [0.2, 0.25) is 0 Å². The summed E-state index contributed by atoms with van der Waals surface area (Å²) in [5, 5.41) is 8.87. The lowest BCUT2D eigenvalue weighted by molar-refractivity contribution is -0.138. The summed E-state index contributed by atoms with van der Waals surface area (Å²) in [5.74, 6) is 1.62. The molecule has 1 saturated carbocycles. The monoisotopic (exact) mass is 271 g/mol. The Bertz CT molecular complexity index is 292. The maximum Gasteiger partial charge on any atom is 0.303 e. The van der Waals surface area contributed by atoms with E-state index in [4.69, 9.17) is 5.11 Å². The van der Waals surface area contributed by atoms with E-state index in [1.807, 2.05) is 11.8 Å². The van der Waals surface area contributed by atoms with Crippen LogP contribution in [0, 0.1) is 5.41 Å². The van der Waals surface area contributed by atoms with Crippen LogP contribution in [0.5, 0.6) is 0 Å². The van der Waals surface area contributed by atoms with Crippen molar-refractivity contribution in [2.75, 3.05) is 25.1 Å². The molecule has 0 bridgehead atoms. The van der Waals surface area contributed by atoms with Gasteiger partial charge in [-0.05, 0) is 62.6 Å². The summed E-state index contributed by atoms with van der Waals surface area (Å²) in [7, 11) is 2.24. The molecule has 1 unspecified atom stereocenters. The molecule has 0 aromatic heterocycles. The van der Waals surface area contributed by atoms with Gasteiger partial charge in [-0.2, -0.15) is 11.8 Å². The molecule has 0 aromatic carbocycles. The Hall–Kier alpha value is -0.220. The second kappa shape index (κ2) is 6.29. The van der Waals surface area contributed by atoms with E-state index >= 15 is 0 Å². The molecule has 1 N–H and O–H groups in total. The number of thioether (sulfide) groups is 1. The van der Waals surface area contributed by atoms with E-state index in [1.165, 1.54) is 38.0 Å². The molecule has 1 aliphatic heterocycles. The molecule has 3 nitrogen and oxygen atoms in total. The quantitative estimate of drug-likeness (QED) is 0.723. The van der Waals surface area contributed by atoms with Crippen molar-refractivity contribution in [1.29, 1.82) is 0 Å². The zero-order valence-corrected chi connectivity index (χ0v) is 12.2. The molecule has 0 spiro atoms. The van der Waals surface area contributed by atoms with E-state index in [2.05, 4.69) is 11.9 Å². The molecule has 1 saturated heterocycles. The molecule has 0 amide bonds. The predicted octanol–water partition coefficient (Wildman–Crippen LogP) is 2.85. The number of carboxylic acid groups (broad SMARTS) is 1. The van der Waals surface area contributed by atoms with E-state index in [0.29, 0.717) is 6.42 Å². The minimum Gasteiger partial charge on any atom is -0.481 e. The summed E-state index contributed by atoms with van der Waals surface area (Å²) in [6.07, 6.45) is 7.96. The van der Waals surface area contributed by atoms with Crippen LogP contribution in [-0.2, 0) is 4.79 Å². The van der Waals surface area contributed by atoms with Gasteiger partial charge >= 0.3 is 5.97 Å². The van der Waals surface area contributed by atoms with Crippen LogP contribution in [0.4, 0.5) is 0 Å². The molecule has 18 heavy (non-hydrogen) atoms. The molecule has 104 valence electrons. The Balaban J connectivity index is 1.59. The summed E-state index contributed by atoms with van der Waals surface area (Å²) in [6, 6.07) is 0.765. The number of carboxylic acids is 1. The van der Waals surface area contributed by atoms with Gasteiger partial charge in [-0.15, -0.1) is 0 Å². The minimum atomic E-state index is -0.625. The highest BCUT2D eigenvalue weighted by molar-refractivity contribution is 7.99. The first kappa shape index (κ1) is 14.2. The van der Waals surface area contributed by atoms with Gasteiger partial charge in [0, 0.05) is 6.04 Å².